The van der Waals surface area contributed by atoms with E-state index in [1.807, 2.05) is 0 Å². The van der Waals surface area contributed by atoms with Gasteiger partial charge >= 0.3 is 0 Å². The maximum Gasteiger partial charge on any atom is 0.256 e. The standard InChI is InChI=1S/C14H22N4O2/c1-2-6-18-7-8-20-11(9-18)13-16-12-10(14(19)17-13)4-3-5-15-12/h11H,2-9H2,1H3,(H2,15,16,17,19). The molecule has 2 N–H and O–H groups in total. The predicted octanol–water partition coefficient (Wildman–Crippen LogP) is 0.911. The Balaban J connectivity index is 1.83. The first-order valence-electron chi connectivity index (χ1n) is 7.49. The van der Waals surface area contributed by atoms with Gasteiger partial charge in [0.05, 0.1) is 12.2 Å². The van der Waals surface area contributed by atoms with E-state index in [4.69, 9.17) is 4.74 Å². The van der Waals surface area contributed by atoms with Gasteiger partial charge in [-0.25, -0.2) is 4.98 Å². The lowest BCUT2D eigenvalue weighted by Gasteiger charge is -2.32. The number of aromatic nitrogens is 2. The van der Waals surface area contributed by atoms with Crippen LogP contribution in [-0.2, 0) is 11.2 Å². The third-order valence-corrected chi connectivity index (χ3v) is 3.93. The third-order valence-electron chi connectivity index (χ3n) is 3.93. The molecule has 0 spiro atoms. The van der Waals surface area contributed by atoms with E-state index >= 15 is 0 Å². The van der Waals surface area contributed by atoms with Gasteiger partial charge in [0.2, 0.25) is 0 Å². The lowest BCUT2D eigenvalue weighted by atomic mass is 10.1. The number of morpholine rings is 1. The molecule has 0 radical (unpaired) electrons. The van der Waals surface area contributed by atoms with E-state index in [-0.39, 0.29) is 11.7 Å². The van der Waals surface area contributed by atoms with Crippen molar-refractivity contribution >= 4 is 5.82 Å². The van der Waals surface area contributed by atoms with Crippen LogP contribution in [-0.4, -0.2) is 47.7 Å². The summed E-state index contributed by atoms with van der Waals surface area (Å²) in [6.07, 6.45) is 2.79. The highest BCUT2D eigenvalue weighted by atomic mass is 16.5. The highest BCUT2D eigenvalue weighted by molar-refractivity contribution is 5.45. The van der Waals surface area contributed by atoms with E-state index in [1.54, 1.807) is 0 Å². The molecule has 6 heteroatoms. The molecule has 3 heterocycles. The van der Waals surface area contributed by atoms with Crippen LogP contribution in [0.4, 0.5) is 5.82 Å². The van der Waals surface area contributed by atoms with Crippen molar-refractivity contribution in [1.29, 1.82) is 0 Å². The minimum absolute atomic E-state index is 0.0200. The van der Waals surface area contributed by atoms with Crippen LogP contribution in [0, 0.1) is 0 Å². The van der Waals surface area contributed by atoms with Crippen molar-refractivity contribution in [2.75, 3.05) is 38.1 Å². The number of hydrogen-bond acceptors (Lipinski definition) is 5. The number of anilines is 1. The molecular weight excluding hydrogens is 256 g/mol. The second-order valence-electron chi connectivity index (χ2n) is 5.47. The van der Waals surface area contributed by atoms with Crippen LogP contribution >= 0.6 is 0 Å². The topological polar surface area (TPSA) is 70.2 Å². The van der Waals surface area contributed by atoms with Crippen LogP contribution in [0.1, 0.15) is 37.3 Å². The van der Waals surface area contributed by atoms with Crippen molar-refractivity contribution in [1.82, 2.24) is 14.9 Å². The lowest BCUT2D eigenvalue weighted by Crippen LogP contribution is -2.40. The van der Waals surface area contributed by atoms with Gasteiger partial charge in [0, 0.05) is 19.6 Å². The first-order valence-corrected chi connectivity index (χ1v) is 7.49. The van der Waals surface area contributed by atoms with Crippen molar-refractivity contribution in [2.45, 2.75) is 32.3 Å². The molecule has 0 saturated carbocycles. The van der Waals surface area contributed by atoms with Gasteiger partial charge in [0.15, 0.2) is 0 Å². The van der Waals surface area contributed by atoms with Gasteiger partial charge in [-0.2, -0.15) is 0 Å². The fourth-order valence-electron chi connectivity index (χ4n) is 2.91. The molecule has 0 aromatic carbocycles. The summed E-state index contributed by atoms with van der Waals surface area (Å²) < 4.78 is 5.78. The number of nitrogens with one attached hydrogen (secondary N) is 2. The van der Waals surface area contributed by atoms with Gasteiger partial charge in [-0.05, 0) is 25.8 Å². The summed E-state index contributed by atoms with van der Waals surface area (Å²) in [6.45, 7) is 6.57. The van der Waals surface area contributed by atoms with E-state index in [0.29, 0.717) is 12.4 Å². The zero-order valence-electron chi connectivity index (χ0n) is 11.9. The molecule has 1 unspecified atom stereocenters. The molecule has 1 aromatic heterocycles. The summed E-state index contributed by atoms with van der Waals surface area (Å²) in [5.74, 6) is 1.40. The average molecular weight is 278 g/mol. The Bertz CT molecular complexity index is 526. The number of hydrogen-bond donors (Lipinski definition) is 2. The molecule has 0 bridgehead atoms. The SMILES string of the molecule is CCCN1CCOC(c2nc3c(c(=O)[nH]2)CCCN3)C1. The van der Waals surface area contributed by atoms with Crippen LogP contribution in [0.3, 0.4) is 0 Å². The van der Waals surface area contributed by atoms with Gasteiger partial charge in [-0.1, -0.05) is 6.92 Å². The van der Waals surface area contributed by atoms with E-state index < -0.39 is 0 Å². The summed E-state index contributed by atoms with van der Waals surface area (Å²) in [6, 6.07) is 0. The Morgan fingerprint density at radius 1 is 1.50 bits per heavy atom. The van der Waals surface area contributed by atoms with Crippen molar-refractivity contribution in [3.05, 3.63) is 21.7 Å². The zero-order chi connectivity index (χ0) is 13.9. The lowest BCUT2D eigenvalue weighted by molar-refractivity contribution is -0.0342. The number of aromatic amines is 1. The summed E-state index contributed by atoms with van der Waals surface area (Å²) >= 11 is 0. The summed E-state index contributed by atoms with van der Waals surface area (Å²) in [5.41, 5.74) is 0.759. The highest BCUT2D eigenvalue weighted by Gasteiger charge is 2.25. The van der Waals surface area contributed by atoms with Crippen LogP contribution in [0.5, 0.6) is 0 Å². The monoisotopic (exact) mass is 278 g/mol. The van der Waals surface area contributed by atoms with Gasteiger partial charge in [-0.3, -0.25) is 9.69 Å². The molecule has 1 saturated heterocycles. The molecule has 1 aromatic rings. The van der Waals surface area contributed by atoms with Crippen molar-refractivity contribution < 1.29 is 4.74 Å². The second-order valence-corrected chi connectivity index (χ2v) is 5.47. The molecule has 0 amide bonds. The fourth-order valence-corrected chi connectivity index (χ4v) is 2.91. The van der Waals surface area contributed by atoms with Gasteiger partial charge in [0.1, 0.15) is 17.7 Å². The summed E-state index contributed by atoms with van der Waals surface area (Å²) in [5, 5.41) is 3.22. The molecule has 110 valence electrons. The Hall–Kier alpha value is -1.40. The predicted molar refractivity (Wildman–Crippen MR) is 77.1 cm³/mol. The molecule has 6 nitrogen and oxygen atoms in total. The Morgan fingerprint density at radius 3 is 3.25 bits per heavy atom. The van der Waals surface area contributed by atoms with Crippen LogP contribution in [0.15, 0.2) is 4.79 Å². The van der Waals surface area contributed by atoms with Gasteiger partial charge in [-0.15, -0.1) is 0 Å². The largest absolute Gasteiger partial charge is 0.370 e. The Labute approximate surface area is 118 Å². The molecule has 0 aliphatic carbocycles. The Morgan fingerprint density at radius 2 is 2.40 bits per heavy atom. The van der Waals surface area contributed by atoms with Gasteiger partial charge in [0.25, 0.3) is 5.56 Å². The molecule has 1 atom stereocenters. The Kier molecular flexibility index (Phi) is 4.03. The number of H-pyrrole nitrogens is 1. The van der Waals surface area contributed by atoms with Gasteiger partial charge < -0.3 is 15.0 Å². The molecule has 20 heavy (non-hydrogen) atoms. The number of nitrogens with zero attached hydrogens (tertiary/aromatic N) is 2. The highest BCUT2D eigenvalue weighted by Crippen LogP contribution is 2.22. The van der Waals surface area contributed by atoms with Crippen LogP contribution in [0.2, 0.25) is 0 Å². The van der Waals surface area contributed by atoms with Crippen LogP contribution < -0.4 is 10.9 Å². The van der Waals surface area contributed by atoms with Crippen molar-refractivity contribution in [2.24, 2.45) is 0 Å². The van der Waals surface area contributed by atoms with Crippen molar-refractivity contribution in [3.63, 3.8) is 0 Å². The van der Waals surface area contributed by atoms with E-state index in [2.05, 4.69) is 27.1 Å². The van der Waals surface area contributed by atoms with E-state index in [0.717, 1.165) is 56.8 Å². The maximum atomic E-state index is 12.1. The van der Waals surface area contributed by atoms with Crippen LogP contribution in [0.25, 0.3) is 0 Å². The maximum absolute atomic E-state index is 12.1. The average Bonchev–Trinajstić information content (AvgIpc) is 2.48. The number of rotatable bonds is 3. The number of ether oxygens (including phenoxy) is 1. The van der Waals surface area contributed by atoms with E-state index in [1.165, 1.54) is 0 Å². The first kappa shape index (κ1) is 13.6. The molecule has 2 aliphatic rings. The van der Waals surface area contributed by atoms with E-state index in [9.17, 15) is 4.79 Å². The normalized spacial score (nSPS) is 23.1. The minimum Gasteiger partial charge on any atom is -0.370 e. The number of fused-ring (bicyclic) bond motifs is 1. The third kappa shape index (κ3) is 2.71. The molecule has 1 fully saturated rings. The molecular formula is C14H22N4O2. The smallest absolute Gasteiger partial charge is 0.256 e. The molecule has 2 aliphatic heterocycles. The molecule has 3 rings (SSSR count). The zero-order valence-corrected chi connectivity index (χ0v) is 11.9. The summed E-state index contributed by atoms with van der Waals surface area (Å²) in [4.78, 5) is 22.0. The second kappa shape index (κ2) is 5.93. The summed E-state index contributed by atoms with van der Waals surface area (Å²) in [7, 11) is 0. The quantitative estimate of drug-likeness (QED) is 0.860. The fraction of sp³-hybridized carbons (Fsp3) is 0.714. The van der Waals surface area contributed by atoms with Crippen molar-refractivity contribution in [3.8, 4) is 0 Å². The minimum atomic E-state index is -0.128. The first-order chi connectivity index (χ1) is 9.78.